The van der Waals surface area contributed by atoms with Crippen LogP contribution in [0.5, 0.6) is 0 Å². The third kappa shape index (κ3) is 4.57. The Morgan fingerprint density at radius 1 is 1.00 bits per heavy atom. The molecule has 1 aliphatic rings. The molecule has 0 bridgehead atoms. The van der Waals surface area contributed by atoms with Crippen LogP contribution in [0.1, 0.15) is 28.8 Å². The predicted molar refractivity (Wildman–Crippen MR) is 126 cm³/mol. The highest BCUT2D eigenvalue weighted by Crippen LogP contribution is 2.37. The highest BCUT2D eigenvalue weighted by molar-refractivity contribution is 5.94. The Morgan fingerprint density at radius 3 is 2.50 bits per heavy atom. The zero-order valence-corrected chi connectivity index (χ0v) is 18.7. The number of nitrogens with zero attached hydrogens (tertiary/aromatic N) is 3. The van der Waals surface area contributed by atoms with Gasteiger partial charge in [-0.05, 0) is 48.1 Å². The number of carbonyl (C=O) groups is 2. The third-order valence-electron chi connectivity index (χ3n) is 6.21. The SMILES string of the molecule is CN(C)C(=O)C1(Cc2cccc(-c3ccccc3)c2)CCCN(C(=O)c2cccnc2)C1. The third-order valence-corrected chi connectivity index (χ3v) is 6.21. The Kier molecular flexibility index (Phi) is 6.35. The molecule has 0 spiro atoms. The first-order chi connectivity index (χ1) is 15.5. The molecule has 1 atom stereocenters. The topological polar surface area (TPSA) is 53.5 Å². The number of hydrogen-bond donors (Lipinski definition) is 0. The molecule has 4 rings (SSSR count). The number of amides is 2. The van der Waals surface area contributed by atoms with Crippen LogP contribution in [0.4, 0.5) is 0 Å². The first kappa shape index (κ1) is 21.8. The maximum atomic E-state index is 13.5. The summed E-state index contributed by atoms with van der Waals surface area (Å²) in [5, 5.41) is 0. The maximum Gasteiger partial charge on any atom is 0.255 e. The fraction of sp³-hybridized carbons (Fsp3) is 0.296. The summed E-state index contributed by atoms with van der Waals surface area (Å²) in [6.07, 6.45) is 5.41. The number of piperidine rings is 1. The summed E-state index contributed by atoms with van der Waals surface area (Å²) < 4.78 is 0. The van der Waals surface area contributed by atoms with Crippen LogP contribution < -0.4 is 0 Å². The van der Waals surface area contributed by atoms with E-state index in [9.17, 15) is 9.59 Å². The smallest absolute Gasteiger partial charge is 0.255 e. The van der Waals surface area contributed by atoms with Crippen LogP contribution in [0.3, 0.4) is 0 Å². The molecule has 1 unspecified atom stereocenters. The lowest BCUT2D eigenvalue weighted by molar-refractivity contribution is -0.142. The van der Waals surface area contributed by atoms with Crippen molar-refractivity contribution in [2.75, 3.05) is 27.2 Å². The standard InChI is InChI=1S/C27H29N3O2/c1-29(2)26(32)27(14-8-16-30(20-27)25(31)24-13-7-15-28-19-24)18-21-9-6-12-23(17-21)22-10-4-3-5-11-22/h3-7,9-13,15,17,19H,8,14,16,18,20H2,1-2H3. The number of rotatable bonds is 5. The van der Waals surface area contributed by atoms with E-state index >= 15 is 0 Å². The fourth-order valence-electron chi connectivity index (χ4n) is 4.73. The summed E-state index contributed by atoms with van der Waals surface area (Å²) in [7, 11) is 3.60. The van der Waals surface area contributed by atoms with Crippen molar-refractivity contribution in [2.24, 2.45) is 5.41 Å². The van der Waals surface area contributed by atoms with Crippen molar-refractivity contribution in [3.63, 3.8) is 0 Å². The second-order valence-corrected chi connectivity index (χ2v) is 8.80. The van der Waals surface area contributed by atoms with Gasteiger partial charge in [0.1, 0.15) is 0 Å². The van der Waals surface area contributed by atoms with Crippen molar-refractivity contribution >= 4 is 11.8 Å². The summed E-state index contributed by atoms with van der Waals surface area (Å²) in [4.78, 5) is 34.2. The van der Waals surface area contributed by atoms with E-state index in [1.165, 1.54) is 0 Å². The number of carbonyl (C=O) groups excluding carboxylic acids is 2. The fourth-order valence-corrected chi connectivity index (χ4v) is 4.73. The molecule has 0 aliphatic carbocycles. The zero-order valence-electron chi connectivity index (χ0n) is 18.7. The predicted octanol–water partition coefficient (Wildman–Crippen LogP) is 4.30. The maximum absolute atomic E-state index is 13.5. The van der Waals surface area contributed by atoms with Crippen molar-refractivity contribution in [1.82, 2.24) is 14.8 Å². The number of pyridine rings is 1. The largest absolute Gasteiger partial charge is 0.348 e. The van der Waals surface area contributed by atoms with E-state index in [2.05, 4.69) is 35.3 Å². The minimum atomic E-state index is -0.644. The van der Waals surface area contributed by atoms with Crippen molar-refractivity contribution < 1.29 is 9.59 Å². The van der Waals surface area contributed by atoms with E-state index in [1.807, 2.05) is 29.2 Å². The van der Waals surface area contributed by atoms with E-state index in [0.717, 1.165) is 29.5 Å². The molecule has 1 aromatic heterocycles. The molecule has 5 heteroatoms. The van der Waals surface area contributed by atoms with Gasteiger partial charge in [0, 0.05) is 39.6 Å². The number of benzene rings is 2. The van der Waals surface area contributed by atoms with Gasteiger partial charge in [0.15, 0.2) is 0 Å². The zero-order chi connectivity index (χ0) is 22.6. The normalized spacial score (nSPS) is 18.2. The van der Waals surface area contributed by atoms with E-state index in [1.54, 1.807) is 43.5 Å². The first-order valence-electron chi connectivity index (χ1n) is 11.0. The van der Waals surface area contributed by atoms with Crippen LogP contribution in [0.2, 0.25) is 0 Å². The molecule has 3 aromatic rings. The second-order valence-electron chi connectivity index (χ2n) is 8.80. The second kappa shape index (κ2) is 9.35. The molecule has 1 saturated heterocycles. The molecule has 0 saturated carbocycles. The van der Waals surface area contributed by atoms with Crippen molar-refractivity contribution in [2.45, 2.75) is 19.3 Å². The Hall–Kier alpha value is -3.47. The molecule has 2 aromatic carbocycles. The summed E-state index contributed by atoms with van der Waals surface area (Å²) in [6.45, 7) is 1.06. The van der Waals surface area contributed by atoms with Crippen LogP contribution in [0.15, 0.2) is 79.1 Å². The molecular weight excluding hydrogens is 398 g/mol. The molecule has 5 nitrogen and oxygen atoms in total. The minimum Gasteiger partial charge on any atom is -0.348 e. The lowest BCUT2D eigenvalue weighted by Gasteiger charge is -2.43. The van der Waals surface area contributed by atoms with Crippen LogP contribution in [-0.4, -0.2) is 53.8 Å². The highest BCUT2D eigenvalue weighted by Gasteiger charge is 2.44. The van der Waals surface area contributed by atoms with E-state index < -0.39 is 5.41 Å². The van der Waals surface area contributed by atoms with Gasteiger partial charge in [0.05, 0.1) is 11.0 Å². The van der Waals surface area contributed by atoms with Gasteiger partial charge in [-0.1, -0.05) is 54.6 Å². The van der Waals surface area contributed by atoms with Gasteiger partial charge >= 0.3 is 0 Å². The Morgan fingerprint density at radius 2 is 1.78 bits per heavy atom. The van der Waals surface area contributed by atoms with Gasteiger partial charge in [-0.15, -0.1) is 0 Å². The van der Waals surface area contributed by atoms with Gasteiger partial charge in [0.25, 0.3) is 5.91 Å². The van der Waals surface area contributed by atoms with E-state index in [-0.39, 0.29) is 11.8 Å². The Labute approximate surface area is 189 Å². The number of likely N-dealkylation sites (tertiary alicyclic amines) is 1. The van der Waals surface area contributed by atoms with Gasteiger partial charge in [0.2, 0.25) is 5.91 Å². The molecule has 1 aliphatic heterocycles. The molecule has 164 valence electrons. The van der Waals surface area contributed by atoms with E-state index in [4.69, 9.17) is 0 Å². The highest BCUT2D eigenvalue weighted by atomic mass is 16.2. The summed E-state index contributed by atoms with van der Waals surface area (Å²) in [5.41, 5.74) is 3.31. The van der Waals surface area contributed by atoms with Crippen LogP contribution in [0, 0.1) is 5.41 Å². The monoisotopic (exact) mass is 427 g/mol. The molecule has 2 amide bonds. The van der Waals surface area contributed by atoms with Gasteiger partial charge in [-0.3, -0.25) is 14.6 Å². The molecule has 2 heterocycles. The van der Waals surface area contributed by atoms with Crippen molar-refractivity contribution in [3.05, 3.63) is 90.3 Å². The summed E-state index contributed by atoms with van der Waals surface area (Å²) in [5.74, 6) is 0.0121. The summed E-state index contributed by atoms with van der Waals surface area (Å²) in [6, 6.07) is 22.2. The lowest BCUT2D eigenvalue weighted by Crippen LogP contribution is -2.54. The van der Waals surface area contributed by atoms with E-state index in [0.29, 0.717) is 25.1 Å². The van der Waals surface area contributed by atoms with Crippen LogP contribution in [-0.2, 0) is 11.2 Å². The Bertz CT molecular complexity index is 1080. The van der Waals surface area contributed by atoms with Crippen LogP contribution in [0.25, 0.3) is 11.1 Å². The molecule has 0 N–H and O–H groups in total. The molecule has 32 heavy (non-hydrogen) atoms. The summed E-state index contributed by atoms with van der Waals surface area (Å²) >= 11 is 0. The van der Waals surface area contributed by atoms with Gasteiger partial charge in [-0.25, -0.2) is 0 Å². The van der Waals surface area contributed by atoms with Crippen molar-refractivity contribution in [1.29, 1.82) is 0 Å². The van der Waals surface area contributed by atoms with Gasteiger partial charge in [-0.2, -0.15) is 0 Å². The van der Waals surface area contributed by atoms with Crippen LogP contribution >= 0.6 is 0 Å². The van der Waals surface area contributed by atoms with Crippen molar-refractivity contribution in [3.8, 4) is 11.1 Å². The first-order valence-corrected chi connectivity index (χ1v) is 11.0. The molecule has 0 radical (unpaired) electrons. The average Bonchev–Trinajstić information content (AvgIpc) is 2.84. The Balaban J connectivity index is 1.64. The molecular formula is C27H29N3O2. The minimum absolute atomic E-state index is 0.0632. The lowest BCUT2D eigenvalue weighted by atomic mass is 9.73. The quantitative estimate of drug-likeness (QED) is 0.610. The molecule has 1 fully saturated rings. The number of aromatic nitrogens is 1. The number of hydrogen-bond acceptors (Lipinski definition) is 3. The van der Waals surface area contributed by atoms with Gasteiger partial charge < -0.3 is 9.80 Å². The average molecular weight is 428 g/mol.